The molecule has 0 saturated carbocycles. The molecule has 0 radical (unpaired) electrons. The van der Waals surface area contributed by atoms with Crippen LogP contribution in [0.5, 0.6) is 0 Å². The predicted molar refractivity (Wildman–Crippen MR) is 114 cm³/mol. The van der Waals surface area contributed by atoms with Crippen LogP contribution >= 0.6 is 23.5 Å². The maximum Gasteiger partial charge on any atom is 0.171 e. The number of H-pyrrole nitrogens is 2. The third-order valence-corrected chi connectivity index (χ3v) is 7.07. The zero-order valence-electron chi connectivity index (χ0n) is 15.3. The molecule has 0 aliphatic carbocycles. The van der Waals surface area contributed by atoms with Gasteiger partial charge in [-0.25, -0.2) is 9.97 Å². The summed E-state index contributed by atoms with van der Waals surface area (Å²) in [5.74, 6) is 0.519. The van der Waals surface area contributed by atoms with Crippen LogP contribution in [0, 0.1) is 0 Å². The van der Waals surface area contributed by atoms with Crippen molar-refractivity contribution in [3.63, 3.8) is 0 Å². The molecule has 0 fully saturated rings. The first-order chi connectivity index (χ1) is 14.2. The third kappa shape index (κ3) is 3.40. The summed E-state index contributed by atoms with van der Waals surface area (Å²) < 4.78 is 5.86. The van der Waals surface area contributed by atoms with Gasteiger partial charge in [0.25, 0.3) is 0 Å². The van der Waals surface area contributed by atoms with Gasteiger partial charge >= 0.3 is 0 Å². The number of ether oxygens (including phenoxy) is 1. The van der Waals surface area contributed by atoms with Gasteiger partial charge in [0.15, 0.2) is 10.3 Å². The lowest BCUT2D eigenvalue weighted by atomic mass is 10.1. The number of fused-ring (bicyclic) bond motifs is 2. The number of thioether (sulfide) groups is 2. The first-order valence-electron chi connectivity index (χ1n) is 9.04. The van der Waals surface area contributed by atoms with Crippen LogP contribution in [0.1, 0.15) is 0 Å². The van der Waals surface area contributed by atoms with Crippen LogP contribution in [-0.4, -0.2) is 54.7 Å². The molecule has 9 heteroatoms. The van der Waals surface area contributed by atoms with Crippen molar-refractivity contribution in [3.8, 4) is 0 Å². The second-order valence-electron chi connectivity index (χ2n) is 6.73. The molecule has 7 nitrogen and oxygen atoms in total. The normalized spacial score (nSPS) is 19.6. The molecule has 1 unspecified atom stereocenters. The van der Waals surface area contributed by atoms with Gasteiger partial charge in [0.2, 0.25) is 0 Å². The molecule has 4 N–H and O–H groups in total. The second kappa shape index (κ2) is 7.42. The third-order valence-electron chi connectivity index (χ3n) is 4.79. The number of nitrogens with one attached hydrogen (secondary N) is 2. The summed E-state index contributed by atoms with van der Waals surface area (Å²) in [7, 11) is 0. The fraction of sp³-hybridized carbons (Fsp3) is 0.200. The summed E-state index contributed by atoms with van der Waals surface area (Å²) >= 11 is 2.74. The highest BCUT2D eigenvalue weighted by atomic mass is 32.2. The van der Waals surface area contributed by atoms with Crippen LogP contribution in [0.4, 0.5) is 0 Å². The number of hydrogen-bond acceptors (Lipinski definition) is 7. The smallest absolute Gasteiger partial charge is 0.171 e. The maximum atomic E-state index is 10.5. The number of aromatic amines is 2. The number of para-hydroxylation sites is 4. The Hall–Kier alpha value is -2.46. The van der Waals surface area contributed by atoms with Gasteiger partial charge in [-0.05, 0) is 36.0 Å². The fourth-order valence-corrected chi connectivity index (χ4v) is 5.46. The lowest BCUT2D eigenvalue weighted by Gasteiger charge is -2.27. The van der Waals surface area contributed by atoms with E-state index in [2.05, 4.69) is 19.9 Å². The first kappa shape index (κ1) is 18.6. The molecule has 0 bridgehead atoms. The van der Waals surface area contributed by atoms with Gasteiger partial charge in [-0.3, -0.25) is 0 Å². The molecule has 0 saturated heterocycles. The van der Waals surface area contributed by atoms with Crippen LogP contribution in [0.3, 0.4) is 0 Å². The molecule has 2 aromatic heterocycles. The zero-order chi connectivity index (χ0) is 19.8. The number of imidazole rings is 2. The lowest BCUT2D eigenvalue weighted by Crippen LogP contribution is -2.38. The number of hydrogen-bond donors (Lipinski definition) is 4. The summed E-state index contributed by atoms with van der Waals surface area (Å²) in [6, 6.07) is 15.5. The Balaban J connectivity index is 1.39. The molecule has 5 rings (SSSR count). The molecule has 1 aliphatic heterocycles. The van der Waals surface area contributed by atoms with Crippen molar-refractivity contribution in [2.24, 2.45) is 0 Å². The van der Waals surface area contributed by atoms with Crippen LogP contribution in [0.2, 0.25) is 0 Å². The minimum Gasteiger partial charge on any atom is -0.509 e. The SMILES string of the molecule is OCC1(CSc2nc3ccccc3[nH]2)OCC(O)=C1Sc1nc2ccccc2[nH]1. The molecule has 3 heterocycles. The van der Waals surface area contributed by atoms with Gasteiger partial charge in [-0.2, -0.15) is 0 Å². The highest BCUT2D eigenvalue weighted by Gasteiger charge is 2.44. The number of rotatable bonds is 6. The first-order valence-corrected chi connectivity index (χ1v) is 10.8. The van der Waals surface area contributed by atoms with Crippen molar-refractivity contribution in [1.82, 2.24) is 19.9 Å². The van der Waals surface area contributed by atoms with E-state index in [9.17, 15) is 10.2 Å². The second-order valence-corrected chi connectivity index (χ2v) is 8.69. The topological polar surface area (TPSA) is 107 Å². The van der Waals surface area contributed by atoms with Gasteiger partial charge < -0.3 is 24.9 Å². The average Bonchev–Trinajstić information content (AvgIpc) is 3.43. The number of aliphatic hydroxyl groups is 2. The monoisotopic (exact) mass is 426 g/mol. The highest BCUT2D eigenvalue weighted by molar-refractivity contribution is 8.03. The molecular weight excluding hydrogens is 408 g/mol. The van der Waals surface area contributed by atoms with Crippen LogP contribution < -0.4 is 0 Å². The fourth-order valence-electron chi connectivity index (χ4n) is 3.28. The van der Waals surface area contributed by atoms with Crippen molar-refractivity contribution in [2.45, 2.75) is 15.9 Å². The Bertz CT molecular complexity index is 1150. The molecule has 2 aromatic carbocycles. The maximum absolute atomic E-state index is 10.5. The number of nitrogens with zero attached hydrogens (tertiary/aromatic N) is 2. The van der Waals surface area contributed by atoms with Crippen molar-refractivity contribution in [1.29, 1.82) is 0 Å². The highest BCUT2D eigenvalue weighted by Crippen LogP contribution is 2.44. The van der Waals surface area contributed by atoms with Gasteiger partial charge in [-0.1, -0.05) is 36.0 Å². The minimum atomic E-state index is -1.02. The molecule has 1 aliphatic rings. The Morgan fingerprint density at radius 3 is 2.24 bits per heavy atom. The summed E-state index contributed by atoms with van der Waals surface area (Å²) in [5.41, 5.74) is 2.59. The Morgan fingerprint density at radius 2 is 1.59 bits per heavy atom. The van der Waals surface area contributed by atoms with E-state index in [0.29, 0.717) is 15.8 Å². The van der Waals surface area contributed by atoms with E-state index in [1.807, 2.05) is 48.5 Å². The molecular formula is C20H18N4O3S2. The van der Waals surface area contributed by atoms with E-state index in [1.165, 1.54) is 23.5 Å². The van der Waals surface area contributed by atoms with Gasteiger partial charge in [0.1, 0.15) is 18.0 Å². The predicted octanol–water partition coefficient (Wildman–Crippen LogP) is 3.85. The van der Waals surface area contributed by atoms with Crippen LogP contribution in [0.15, 0.2) is 69.5 Å². The van der Waals surface area contributed by atoms with Crippen molar-refractivity contribution in [2.75, 3.05) is 19.0 Å². The van der Waals surface area contributed by atoms with Gasteiger partial charge in [-0.15, -0.1) is 0 Å². The summed E-state index contributed by atoms with van der Waals surface area (Å²) in [6.45, 7) is -0.198. The Morgan fingerprint density at radius 1 is 0.966 bits per heavy atom. The summed E-state index contributed by atoms with van der Waals surface area (Å²) in [6.07, 6.45) is 0. The molecule has 148 valence electrons. The lowest BCUT2D eigenvalue weighted by molar-refractivity contribution is -0.00694. The van der Waals surface area contributed by atoms with Crippen molar-refractivity contribution in [3.05, 3.63) is 59.2 Å². The Kier molecular flexibility index (Phi) is 4.75. The molecule has 1 atom stereocenters. The summed E-state index contributed by atoms with van der Waals surface area (Å²) in [5, 5.41) is 22.0. The molecule has 0 amide bonds. The van der Waals surface area contributed by atoms with E-state index in [4.69, 9.17) is 4.74 Å². The van der Waals surface area contributed by atoms with Gasteiger partial charge in [0, 0.05) is 5.75 Å². The van der Waals surface area contributed by atoms with E-state index in [0.717, 1.165) is 27.2 Å². The minimum absolute atomic E-state index is 0.0593. The quantitative estimate of drug-likeness (QED) is 0.347. The number of aliphatic hydroxyl groups excluding tert-OH is 2. The van der Waals surface area contributed by atoms with Gasteiger partial charge in [0.05, 0.1) is 33.6 Å². The standard InChI is InChI=1S/C20H18N4O3S2/c25-10-20(11-28-18-21-12-5-1-2-6-13(12)22-18)17(16(26)9-27-20)29-19-23-14-7-3-4-8-15(14)24-19/h1-8,25-26H,9-11H2,(H,21,22)(H,23,24). The van der Waals surface area contributed by atoms with Crippen LogP contribution in [0.25, 0.3) is 22.1 Å². The number of benzene rings is 2. The van der Waals surface area contributed by atoms with Crippen molar-refractivity contribution >= 4 is 45.6 Å². The van der Waals surface area contributed by atoms with Crippen molar-refractivity contribution < 1.29 is 14.9 Å². The van der Waals surface area contributed by atoms with E-state index in [1.54, 1.807) is 0 Å². The molecule has 29 heavy (non-hydrogen) atoms. The largest absolute Gasteiger partial charge is 0.509 e. The Labute approximate surface area is 174 Å². The average molecular weight is 427 g/mol. The number of aromatic nitrogens is 4. The van der Waals surface area contributed by atoms with Crippen LogP contribution in [-0.2, 0) is 4.74 Å². The van der Waals surface area contributed by atoms with E-state index < -0.39 is 5.60 Å². The molecule has 0 spiro atoms. The summed E-state index contributed by atoms with van der Waals surface area (Å²) in [4.78, 5) is 16.2. The van der Waals surface area contributed by atoms with E-state index in [-0.39, 0.29) is 19.0 Å². The molecule has 4 aromatic rings. The van der Waals surface area contributed by atoms with E-state index >= 15 is 0 Å². The zero-order valence-corrected chi connectivity index (χ0v) is 16.9.